The molecule has 0 aliphatic rings. The van der Waals surface area contributed by atoms with Gasteiger partial charge in [0.25, 0.3) is 0 Å². The van der Waals surface area contributed by atoms with Gasteiger partial charge in [0, 0.05) is 0 Å². The highest BCUT2D eigenvalue weighted by Gasteiger charge is 2.18. The highest BCUT2D eigenvalue weighted by Crippen LogP contribution is 2.24. The Hall–Kier alpha value is -2.33. The van der Waals surface area contributed by atoms with Crippen molar-refractivity contribution in [2.45, 2.75) is 19.6 Å². The molecule has 1 unspecified atom stereocenters. The summed E-state index contributed by atoms with van der Waals surface area (Å²) in [7, 11) is 1.25. The van der Waals surface area contributed by atoms with Gasteiger partial charge in [-0.15, -0.1) is 0 Å². The second-order valence-electron chi connectivity index (χ2n) is 4.72. The van der Waals surface area contributed by atoms with Gasteiger partial charge in [0.05, 0.1) is 7.11 Å². The van der Waals surface area contributed by atoms with Crippen LogP contribution >= 0.6 is 0 Å². The summed E-state index contributed by atoms with van der Waals surface area (Å²) >= 11 is 0. The lowest BCUT2D eigenvalue weighted by Gasteiger charge is -2.13. The third-order valence-electron chi connectivity index (χ3n) is 3.18. The zero-order valence-corrected chi connectivity index (χ0v) is 12.1. The van der Waals surface area contributed by atoms with E-state index in [9.17, 15) is 9.90 Å². The molecule has 0 heterocycles. The fraction of sp³-hybridized carbons (Fsp3) is 0.235. The number of aliphatic hydroxyl groups excluding tert-OH is 1. The van der Waals surface area contributed by atoms with Gasteiger partial charge in [-0.25, -0.2) is 4.79 Å². The molecule has 0 spiro atoms. The third kappa shape index (κ3) is 3.83. The molecule has 1 N–H and O–H groups in total. The van der Waals surface area contributed by atoms with E-state index in [2.05, 4.69) is 4.74 Å². The molecule has 0 aliphatic heterocycles. The highest BCUT2D eigenvalue weighted by atomic mass is 16.5. The molecule has 0 aliphatic carbocycles. The molecule has 4 heteroatoms. The van der Waals surface area contributed by atoms with Crippen LogP contribution in [0.25, 0.3) is 0 Å². The number of methoxy groups -OCH3 is 1. The lowest BCUT2D eigenvalue weighted by Crippen LogP contribution is -2.13. The van der Waals surface area contributed by atoms with Crippen molar-refractivity contribution in [3.05, 3.63) is 65.2 Å². The van der Waals surface area contributed by atoms with Crippen LogP contribution in [0.4, 0.5) is 0 Å². The molecule has 110 valence electrons. The zero-order valence-electron chi connectivity index (χ0n) is 12.1. The van der Waals surface area contributed by atoms with E-state index in [-0.39, 0.29) is 0 Å². The van der Waals surface area contributed by atoms with Gasteiger partial charge in [0.2, 0.25) is 0 Å². The van der Waals surface area contributed by atoms with Gasteiger partial charge in [-0.3, -0.25) is 0 Å². The predicted octanol–water partition coefficient (Wildman–Crippen LogP) is 2.78. The Bertz CT molecular complexity index is 607. The van der Waals surface area contributed by atoms with E-state index >= 15 is 0 Å². The summed E-state index contributed by atoms with van der Waals surface area (Å²) in [6.07, 6.45) is -1.27. The summed E-state index contributed by atoms with van der Waals surface area (Å²) in [5.41, 5.74) is 2.42. The van der Waals surface area contributed by atoms with Gasteiger partial charge in [-0.2, -0.15) is 0 Å². The van der Waals surface area contributed by atoms with Crippen molar-refractivity contribution in [2.24, 2.45) is 0 Å². The van der Waals surface area contributed by atoms with Crippen LogP contribution in [0, 0.1) is 6.92 Å². The Morgan fingerprint density at radius 3 is 2.52 bits per heavy atom. The van der Waals surface area contributed by atoms with Crippen LogP contribution in [-0.2, 0) is 16.1 Å². The molecule has 2 rings (SSSR count). The summed E-state index contributed by atoms with van der Waals surface area (Å²) in [6.45, 7) is 2.34. The first kappa shape index (κ1) is 15.1. The van der Waals surface area contributed by atoms with Crippen molar-refractivity contribution in [1.82, 2.24) is 0 Å². The second-order valence-corrected chi connectivity index (χ2v) is 4.72. The van der Waals surface area contributed by atoms with E-state index in [0.29, 0.717) is 12.2 Å². The maximum absolute atomic E-state index is 11.3. The summed E-state index contributed by atoms with van der Waals surface area (Å²) in [6, 6.07) is 15.0. The average molecular weight is 286 g/mol. The number of aliphatic hydroxyl groups is 1. The molecule has 0 bridgehead atoms. The first-order valence-electron chi connectivity index (χ1n) is 6.65. The highest BCUT2D eigenvalue weighted by molar-refractivity contribution is 5.76. The molecule has 0 saturated heterocycles. The Labute approximate surface area is 123 Å². The molecular weight excluding hydrogens is 268 g/mol. The maximum Gasteiger partial charge on any atom is 0.339 e. The number of carbonyl (C=O) groups is 1. The largest absolute Gasteiger partial charge is 0.489 e. The smallest absolute Gasteiger partial charge is 0.339 e. The Balaban J connectivity index is 2.07. The molecular formula is C17H18O4. The number of ether oxygens (including phenoxy) is 2. The SMILES string of the molecule is COC(=O)C(O)c1ccc(OCc2ccccc2)c(C)c1. The van der Waals surface area contributed by atoms with Crippen LogP contribution in [0.1, 0.15) is 22.8 Å². The van der Waals surface area contributed by atoms with Crippen LogP contribution in [-0.4, -0.2) is 18.2 Å². The van der Waals surface area contributed by atoms with Crippen molar-refractivity contribution in [1.29, 1.82) is 0 Å². The van der Waals surface area contributed by atoms with Crippen LogP contribution in [0.2, 0.25) is 0 Å². The molecule has 0 radical (unpaired) electrons. The minimum atomic E-state index is -1.27. The number of hydrogen-bond acceptors (Lipinski definition) is 4. The minimum absolute atomic E-state index is 0.473. The summed E-state index contributed by atoms with van der Waals surface area (Å²) < 4.78 is 10.3. The lowest BCUT2D eigenvalue weighted by molar-refractivity contribution is -0.150. The number of benzene rings is 2. The molecule has 0 aromatic heterocycles. The molecule has 0 fully saturated rings. The standard InChI is InChI=1S/C17H18O4/c1-12-10-14(16(18)17(19)20-2)8-9-15(12)21-11-13-6-4-3-5-7-13/h3-10,16,18H,11H2,1-2H3. The van der Waals surface area contributed by atoms with Gasteiger partial charge < -0.3 is 14.6 Å². The number of hydrogen-bond donors (Lipinski definition) is 1. The van der Waals surface area contributed by atoms with Crippen LogP contribution in [0.3, 0.4) is 0 Å². The van der Waals surface area contributed by atoms with Gasteiger partial charge in [-0.05, 0) is 35.7 Å². The van der Waals surface area contributed by atoms with Gasteiger partial charge in [0.15, 0.2) is 6.10 Å². The third-order valence-corrected chi connectivity index (χ3v) is 3.18. The van der Waals surface area contributed by atoms with E-state index in [1.54, 1.807) is 18.2 Å². The van der Waals surface area contributed by atoms with Gasteiger partial charge in [-0.1, -0.05) is 36.4 Å². The van der Waals surface area contributed by atoms with E-state index in [1.165, 1.54) is 7.11 Å². The van der Waals surface area contributed by atoms with Crippen molar-refractivity contribution in [3.8, 4) is 5.75 Å². The molecule has 0 amide bonds. The van der Waals surface area contributed by atoms with E-state index in [1.807, 2.05) is 37.3 Å². The molecule has 4 nitrogen and oxygen atoms in total. The second kappa shape index (κ2) is 6.90. The Morgan fingerprint density at radius 1 is 1.19 bits per heavy atom. The monoisotopic (exact) mass is 286 g/mol. The van der Waals surface area contributed by atoms with Crippen LogP contribution in [0.5, 0.6) is 5.75 Å². The quantitative estimate of drug-likeness (QED) is 0.859. The van der Waals surface area contributed by atoms with Gasteiger partial charge in [0.1, 0.15) is 12.4 Å². The Kier molecular flexibility index (Phi) is 4.95. The minimum Gasteiger partial charge on any atom is -0.489 e. The predicted molar refractivity (Wildman–Crippen MR) is 78.9 cm³/mol. The first-order chi connectivity index (χ1) is 10.1. The van der Waals surface area contributed by atoms with Gasteiger partial charge >= 0.3 is 5.97 Å². The average Bonchev–Trinajstić information content (AvgIpc) is 2.53. The zero-order chi connectivity index (χ0) is 15.2. The van der Waals surface area contributed by atoms with Crippen LogP contribution in [0.15, 0.2) is 48.5 Å². The molecule has 1 atom stereocenters. The Morgan fingerprint density at radius 2 is 1.90 bits per heavy atom. The normalized spacial score (nSPS) is 11.8. The fourth-order valence-corrected chi connectivity index (χ4v) is 1.99. The number of carbonyl (C=O) groups excluding carboxylic acids is 1. The van der Waals surface area contributed by atoms with Crippen molar-refractivity contribution in [3.63, 3.8) is 0 Å². The number of aryl methyl sites for hydroxylation is 1. The lowest BCUT2D eigenvalue weighted by atomic mass is 10.1. The van der Waals surface area contributed by atoms with Crippen molar-refractivity contribution in [2.75, 3.05) is 7.11 Å². The van der Waals surface area contributed by atoms with Crippen molar-refractivity contribution >= 4 is 5.97 Å². The summed E-state index contributed by atoms with van der Waals surface area (Å²) in [5, 5.41) is 9.80. The van der Waals surface area contributed by atoms with E-state index in [4.69, 9.17) is 4.74 Å². The van der Waals surface area contributed by atoms with E-state index in [0.717, 1.165) is 16.9 Å². The molecule has 2 aromatic carbocycles. The van der Waals surface area contributed by atoms with Crippen LogP contribution < -0.4 is 4.74 Å². The molecule has 0 saturated carbocycles. The molecule has 21 heavy (non-hydrogen) atoms. The molecule has 2 aromatic rings. The fourth-order valence-electron chi connectivity index (χ4n) is 1.99. The number of rotatable bonds is 5. The number of esters is 1. The van der Waals surface area contributed by atoms with Crippen molar-refractivity contribution < 1.29 is 19.4 Å². The summed E-state index contributed by atoms with van der Waals surface area (Å²) in [5.74, 6) is 0.0482. The summed E-state index contributed by atoms with van der Waals surface area (Å²) in [4.78, 5) is 11.3. The van der Waals surface area contributed by atoms with E-state index < -0.39 is 12.1 Å². The first-order valence-corrected chi connectivity index (χ1v) is 6.65. The topological polar surface area (TPSA) is 55.8 Å². The maximum atomic E-state index is 11.3.